The molecule has 2 aromatic carbocycles. The molecule has 2 amide bonds. The Hall–Kier alpha value is -3.54. The molecule has 3 rings (SSSR count). The lowest BCUT2D eigenvalue weighted by molar-refractivity contribution is -0.123. The maximum Gasteiger partial charge on any atom is 0.291 e. The lowest BCUT2D eigenvalue weighted by atomic mass is 9.98. The Morgan fingerprint density at radius 2 is 1.83 bits per heavy atom. The van der Waals surface area contributed by atoms with Gasteiger partial charge in [-0.15, -0.1) is 0 Å². The van der Waals surface area contributed by atoms with E-state index in [1.54, 1.807) is 24.3 Å². The van der Waals surface area contributed by atoms with Gasteiger partial charge in [-0.1, -0.05) is 32.0 Å². The molecule has 6 heteroatoms. The highest BCUT2D eigenvalue weighted by Crippen LogP contribution is 2.23. The van der Waals surface area contributed by atoms with Crippen molar-refractivity contribution >= 4 is 17.5 Å². The molecule has 30 heavy (non-hydrogen) atoms. The number of benzene rings is 2. The van der Waals surface area contributed by atoms with E-state index in [1.165, 1.54) is 11.8 Å². The van der Waals surface area contributed by atoms with Gasteiger partial charge >= 0.3 is 0 Å². The quantitative estimate of drug-likeness (QED) is 0.570. The van der Waals surface area contributed by atoms with Gasteiger partial charge in [-0.05, 0) is 65.9 Å². The molecular weight excluding hydrogens is 380 g/mol. The highest BCUT2D eigenvalue weighted by Gasteiger charge is 2.09. The molecule has 0 saturated heterocycles. The van der Waals surface area contributed by atoms with Gasteiger partial charge in [0.05, 0.1) is 6.26 Å². The van der Waals surface area contributed by atoms with E-state index in [0.717, 1.165) is 11.1 Å². The molecule has 0 spiro atoms. The third-order valence-electron chi connectivity index (χ3n) is 4.68. The largest absolute Gasteiger partial charge is 0.484 e. The summed E-state index contributed by atoms with van der Waals surface area (Å²) in [4.78, 5) is 24.1. The summed E-state index contributed by atoms with van der Waals surface area (Å²) in [5.41, 5.74) is 3.99. The van der Waals surface area contributed by atoms with Crippen LogP contribution in [0, 0.1) is 6.92 Å². The number of rotatable bonds is 8. The Bertz CT molecular complexity index is 993. The number of anilines is 1. The highest BCUT2D eigenvalue weighted by atomic mass is 16.5. The molecule has 1 heterocycles. The molecular formula is C24H26N2O4. The van der Waals surface area contributed by atoms with Crippen molar-refractivity contribution in [3.63, 3.8) is 0 Å². The lowest BCUT2D eigenvalue weighted by Crippen LogP contribution is -2.28. The predicted octanol–water partition coefficient (Wildman–Crippen LogP) is 4.66. The van der Waals surface area contributed by atoms with Crippen molar-refractivity contribution in [2.75, 3.05) is 11.9 Å². The van der Waals surface area contributed by atoms with Crippen LogP contribution in [0.5, 0.6) is 5.75 Å². The average Bonchev–Trinajstić information content (AvgIpc) is 3.26. The van der Waals surface area contributed by atoms with Crippen LogP contribution in [-0.2, 0) is 11.3 Å². The van der Waals surface area contributed by atoms with Crippen LogP contribution in [-0.4, -0.2) is 18.4 Å². The van der Waals surface area contributed by atoms with Gasteiger partial charge in [0.2, 0.25) is 0 Å². The Balaban J connectivity index is 1.44. The first kappa shape index (κ1) is 21.2. The molecule has 1 aromatic heterocycles. The molecule has 0 atom stereocenters. The average molecular weight is 406 g/mol. The SMILES string of the molecule is Cc1cc(OCC(=O)NCc2ccc(NC(=O)c3ccco3)cc2)ccc1C(C)C. The normalized spacial score (nSPS) is 10.7. The molecule has 0 aliphatic carbocycles. The van der Waals surface area contributed by atoms with Crippen molar-refractivity contribution < 1.29 is 18.7 Å². The van der Waals surface area contributed by atoms with Crippen LogP contribution in [0.15, 0.2) is 65.3 Å². The fourth-order valence-corrected chi connectivity index (χ4v) is 3.09. The van der Waals surface area contributed by atoms with E-state index in [2.05, 4.69) is 24.5 Å². The van der Waals surface area contributed by atoms with Crippen LogP contribution in [0.4, 0.5) is 5.69 Å². The Morgan fingerprint density at radius 1 is 1.07 bits per heavy atom. The van der Waals surface area contributed by atoms with Gasteiger partial charge in [-0.25, -0.2) is 0 Å². The first-order valence-electron chi connectivity index (χ1n) is 9.86. The fourth-order valence-electron chi connectivity index (χ4n) is 3.09. The molecule has 0 bridgehead atoms. The zero-order valence-electron chi connectivity index (χ0n) is 17.4. The maximum atomic E-state index is 12.1. The Morgan fingerprint density at radius 3 is 2.47 bits per heavy atom. The summed E-state index contributed by atoms with van der Waals surface area (Å²) in [5.74, 6) is 0.877. The molecule has 6 nitrogen and oxygen atoms in total. The molecule has 156 valence electrons. The minimum atomic E-state index is -0.310. The van der Waals surface area contributed by atoms with Crippen LogP contribution < -0.4 is 15.4 Å². The number of carbonyl (C=O) groups is 2. The van der Waals surface area contributed by atoms with E-state index >= 15 is 0 Å². The van der Waals surface area contributed by atoms with E-state index in [1.807, 2.05) is 37.3 Å². The molecule has 0 saturated carbocycles. The third kappa shape index (κ3) is 5.73. The van der Waals surface area contributed by atoms with E-state index in [4.69, 9.17) is 9.15 Å². The number of hydrogen-bond acceptors (Lipinski definition) is 4. The molecule has 3 aromatic rings. The topological polar surface area (TPSA) is 80.6 Å². The Kier molecular flexibility index (Phi) is 6.91. The monoisotopic (exact) mass is 406 g/mol. The number of carbonyl (C=O) groups excluding carboxylic acids is 2. The second kappa shape index (κ2) is 9.78. The number of amides is 2. The van der Waals surface area contributed by atoms with Gasteiger partial charge in [0.15, 0.2) is 12.4 Å². The minimum absolute atomic E-state index is 0.0439. The minimum Gasteiger partial charge on any atom is -0.484 e. The first-order valence-corrected chi connectivity index (χ1v) is 9.86. The predicted molar refractivity (Wildman–Crippen MR) is 116 cm³/mol. The van der Waals surface area contributed by atoms with Gasteiger partial charge < -0.3 is 19.8 Å². The standard InChI is InChI=1S/C24H26N2O4/c1-16(2)21-11-10-20(13-17(21)3)30-15-23(27)25-14-18-6-8-19(9-7-18)26-24(28)22-5-4-12-29-22/h4-13,16H,14-15H2,1-3H3,(H,25,27)(H,26,28). The Labute approximate surface area is 176 Å². The second-order valence-corrected chi connectivity index (χ2v) is 7.37. The number of aryl methyl sites for hydroxylation is 1. The van der Waals surface area contributed by atoms with Gasteiger partial charge in [0.25, 0.3) is 11.8 Å². The van der Waals surface area contributed by atoms with Crippen LogP contribution in [0.1, 0.15) is 47.0 Å². The summed E-state index contributed by atoms with van der Waals surface area (Å²) >= 11 is 0. The van der Waals surface area contributed by atoms with E-state index in [0.29, 0.717) is 23.9 Å². The van der Waals surface area contributed by atoms with Crippen LogP contribution >= 0.6 is 0 Å². The van der Waals surface area contributed by atoms with Gasteiger partial charge in [-0.3, -0.25) is 9.59 Å². The molecule has 0 aliphatic heterocycles. The summed E-state index contributed by atoms with van der Waals surface area (Å²) in [5, 5.41) is 5.58. The van der Waals surface area contributed by atoms with Crippen molar-refractivity contribution in [1.29, 1.82) is 0 Å². The van der Waals surface area contributed by atoms with Crippen LogP contribution in [0.25, 0.3) is 0 Å². The third-order valence-corrected chi connectivity index (χ3v) is 4.68. The summed E-state index contributed by atoms with van der Waals surface area (Å²) in [6.45, 7) is 6.67. The summed E-state index contributed by atoms with van der Waals surface area (Å²) in [6, 6.07) is 16.4. The molecule has 0 aliphatic rings. The molecule has 0 radical (unpaired) electrons. The van der Waals surface area contributed by atoms with Crippen molar-refractivity contribution in [2.45, 2.75) is 33.2 Å². The number of nitrogens with one attached hydrogen (secondary N) is 2. The molecule has 0 fully saturated rings. The molecule has 2 N–H and O–H groups in total. The summed E-state index contributed by atoms with van der Waals surface area (Å²) in [6.07, 6.45) is 1.45. The van der Waals surface area contributed by atoms with Crippen molar-refractivity contribution in [1.82, 2.24) is 5.32 Å². The highest BCUT2D eigenvalue weighted by molar-refractivity contribution is 6.02. The summed E-state index contributed by atoms with van der Waals surface area (Å²) in [7, 11) is 0. The fraction of sp³-hybridized carbons (Fsp3) is 0.250. The zero-order chi connectivity index (χ0) is 21.5. The van der Waals surface area contributed by atoms with Crippen molar-refractivity contribution in [2.24, 2.45) is 0 Å². The first-order chi connectivity index (χ1) is 14.4. The lowest BCUT2D eigenvalue weighted by Gasteiger charge is -2.12. The van der Waals surface area contributed by atoms with E-state index in [-0.39, 0.29) is 24.2 Å². The van der Waals surface area contributed by atoms with Crippen LogP contribution in [0.2, 0.25) is 0 Å². The number of ether oxygens (including phenoxy) is 1. The number of hydrogen-bond donors (Lipinski definition) is 2. The van der Waals surface area contributed by atoms with Crippen molar-refractivity contribution in [3.05, 3.63) is 83.3 Å². The number of furan rings is 1. The van der Waals surface area contributed by atoms with Gasteiger partial charge in [-0.2, -0.15) is 0 Å². The van der Waals surface area contributed by atoms with Gasteiger partial charge in [0.1, 0.15) is 5.75 Å². The van der Waals surface area contributed by atoms with Crippen molar-refractivity contribution in [3.8, 4) is 5.75 Å². The zero-order valence-corrected chi connectivity index (χ0v) is 17.4. The van der Waals surface area contributed by atoms with Crippen LogP contribution in [0.3, 0.4) is 0 Å². The second-order valence-electron chi connectivity index (χ2n) is 7.37. The van der Waals surface area contributed by atoms with E-state index in [9.17, 15) is 9.59 Å². The van der Waals surface area contributed by atoms with E-state index < -0.39 is 0 Å². The smallest absolute Gasteiger partial charge is 0.291 e. The maximum absolute atomic E-state index is 12.1. The summed E-state index contributed by atoms with van der Waals surface area (Å²) < 4.78 is 10.7. The molecule has 0 unspecified atom stereocenters. The van der Waals surface area contributed by atoms with Gasteiger partial charge in [0, 0.05) is 12.2 Å².